The van der Waals surface area contributed by atoms with Crippen LogP contribution in [0.5, 0.6) is 0 Å². The van der Waals surface area contributed by atoms with Gasteiger partial charge in [0.15, 0.2) is 0 Å². The zero-order valence-corrected chi connectivity index (χ0v) is 11.7. The van der Waals surface area contributed by atoms with E-state index in [0.29, 0.717) is 30.2 Å². The lowest BCUT2D eigenvalue weighted by Gasteiger charge is -2.15. The molecule has 0 radical (unpaired) electrons. The van der Waals surface area contributed by atoms with Crippen LogP contribution in [-0.2, 0) is 11.3 Å². The highest BCUT2D eigenvalue weighted by Crippen LogP contribution is 2.23. The average Bonchev–Trinajstić information content (AvgIpc) is 2.67. The van der Waals surface area contributed by atoms with Gasteiger partial charge in [0.25, 0.3) is 0 Å². The average molecular weight is 294 g/mol. The second kappa shape index (κ2) is 6.23. The Morgan fingerprint density at radius 3 is 2.90 bits per heavy atom. The van der Waals surface area contributed by atoms with E-state index in [9.17, 15) is 9.90 Å². The van der Waals surface area contributed by atoms with Crippen LogP contribution in [0.1, 0.15) is 17.5 Å². The standard InChI is InChI=1S/C14H16ClN3O2/c15-12-2-9(5-16)1-10(3-12)6-18-7-11(4-14(17)20)13(19)8-18/h1-3,11,13,19H,4,6-8H2,(H2,17,20)/t11-,13-/m1/s1. The SMILES string of the molecule is N#Cc1cc(Cl)cc(CN2C[C@@H](CC(N)=O)[C@H](O)C2)c1. The summed E-state index contributed by atoms with van der Waals surface area (Å²) in [6.07, 6.45) is -0.353. The van der Waals surface area contributed by atoms with Crippen molar-refractivity contribution in [1.82, 2.24) is 4.90 Å². The molecule has 1 aromatic rings. The number of hydrogen-bond acceptors (Lipinski definition) is 4. The number of nitrogens with two attached hydrogens (primary N) is 1. The molecule has 1 heterocycles. The Morgan fingerprint density at radius 1 is 1.50 bits per heavy atom. The van der Waals surface area contributed by atoms with Gasteiger partial charge in [0.1, 0.15) is 0 Å². The minimum Gasteiger partial charge on any atom is -0.391 e. The monoisotopic (exact) mass is 293 g/mol. The molecule has 0 spiro atoms. The van der Waals surface area contributed by atoms with E-state index >= 15 is 0 Å². The van der Waals surface area contributed by atoms with Crippen molar-refractivity contribution in [2.24, 2.45) is 11.7 Å². The van der Waals surface area contributed by atoms with Gasteiger partial charge in [0.05, 0.1) is 17.7 Å². The van der Waals surface area contributed by atoms with Gasteiger partial charge in [-0.15, -0.1) is 0 Å². The number of hydrogen-bond donors (Lipinski definition) is 2. The second-order valence-corrected chi connectivity index (χ2v) is 5.59. The first kappa shape index (κ1) is 14.8. The molecule has 2 rings (SSSR count). The number of nitriles is 1. The van der Waals surface area contributed by atoms with Crippen LogP contribution in [0.4, 0.5) is 0 Å². The van der Waals surface area contributed by atoms with E-state index in [1.54, 1.807) is 18.2 Å². The molecule has 0 aromatic heterocycles. The van der Waals surface area contributed by atoms with E-state index in [4.69, 9.17) is 22.6 Å². The second-order valence-electron chi connectivity index (χ2n) is 5.15. The molecular formula is C14H16ClN3O2. The van der Waals surface area contributed by atoms with E-state index in [-0.39, 0.29) is 12.3 Å². The first-order valence-electron chi connectivity index (χ1n) is 6.36. The largest absolute Gasteiger partial charge is 0.391 e. The fourth-order valence-electron chi connectivity index (χ4n) is 2.59. The van der Waals surface area contributed by atoms with Crippen LogP contribution in [0.15, 0.2) is 18.2 Å². The van der Waals surface area contributed by atoms with Crippen LogP contribution in [0.2, 0.25) is 5.02 Å². The van der Waals surface area contributed by atoms with Crippen LogP contribution in [0.25, 0.3) is 0 Å². The van der Waals surface area contributed by atoms with Gasteiger partial charge < -0.3 is 10.8 Å². The number of amides is 1. The quantitative estimate of drug-likeness (QED) is 0.862. The van der Waals surface area contributed by atoms with Crippen molar-refractivity contribution in [3.8, 4) is 6.07 Å². The maximum absolute atomic E-state index is 10.9. The lowest BCUT2D eigenvalue weighted by molar-refractivity contribution is -0.119. The molecule has 1 aliphatic rings. The van der Waals surface area contributed by atoms with E-state index in [0.717, 1.165) is 5.56 Å². The Kier molecular flexibility index (Phi) is 4.61. The van der Waals surface area contributed by atoms with Crippen molar-refractivity contribution >= 4 is 17.5 Å². The number of β-amino-alcohol motifs (C(OH)–C–C–N with tert-alkyl or cyclic N) is 1. The molecule has 0 bridgehead atoms. The highest BCUT2D eigenvalue weighted by atomic mass is 35.5. The maximum atomic E-state index is 10.9. The maximum Gasteiger partial charge on any atom is 0.217 e. The van der Waals surface area contributed by atoms with Crippen LogP contribution < -0.4 is 5.73 Å². The topological polar surface area (TPSA) is 90.4 Å². The number of aliphatic hydroxyl groups is 1. The molecule has 2 atom stereocenters. The lowest BCUT2D eigenvalue weighted by Crippen LogP contribution is -2.24. The van der Waals surface area contributed by atoms with Gasteiger partial charge in [-0.3, -0.25) is 9.69 Å². The molecule has 0 unspecified atom stereocenters. The van der Waals surface area contributed by atoms with Crippen molar-refractivity contribution in [2.45, 2.75) is 19.1 Å². The summed E-state index contributed by atoms with van der Waals surface area (Å²) < 4.78 is 0. The highest BCUT2D eigenvalue weighted by Gasteiger charge is 2.32. The molecule has 1 saturated heterocycles. The fraction of sp³-hybridized carbons (Fsp3) is 0.429. The molecule has 20 heavy (non-hydrogen) atoms. The van der Waals surface area contributed by atoms with Crippen LogP contribution in [0, 0.1) is 17.2 Å². The number of benzene rings is 1. The Morgan fingerprint density at radius 2 is 2.25 bits per heavy atom. The van der Waals surface area contributed by atoms with Crippen LogP contribution in [0.3, 0.4) is 0 Å². The van der Waals surface area contributed by atoms with E-state index in [1.165, 1.54) is 0 Å². The summed E-state index contributed by atoms with van der Waals surface area (Å²) in [6.45, 7) is 1.69. The summed E-state index contributed by atoms with van der Waals surface area (Å²) in [6, 6.07) is 7.25. The molecule has 106 valence electrons. The number of likely N-dealkylation sites (tertiary alicyclic amines) is 1. The molecule has 0 saturated carbocycles. The van der Waals surface area contributed by atoms with E-state index in [1.807, 2.05) is 4.90 Å². The molecule has 1 aliphatic heterocycles. The Bertz CT molecular complexity index is 556. The Balaban J connectivity index is 2.03. The summed E-state index contributed by atoms with van der Waals surface area (Å²) in [5, 5.41) is 19.4. The van der Waals surface area contributed by atoms with Gasteiger partial charge in [-0.05, 0) is 23.8 Å². The lowest BCUT2D eigenvalue weighted by atomic mass is 10.0. The van der Waals surface area contributed by atoms with E-state index < -0.39 is 12.0 Å². The number of nitrogens with zero attached hydrogens (tertiary/aromatic N) is 2. The summed E-state index contributed by atoms with van der Waals surface area (Å²) >= 11 is 5.96. The molecule has 3 N–H and O–H groups in total. The van der Waals surface area contributed by atoms with Crippen molar-refractivity contribution in [1.29, 1.82) is 5.26 Å². The molecule has 0 aliphatic carbocycles. The van der Waals surface area contributed by atoms with Gasteiger partial charge in [-0.25, -0.2) is 0 Å². The van der Waals surface area contributed by atoms with Gasteiger partial charge in [0, 0.05) is 37.0 Å². The highest BCUT2D eigenvalue weighted by molar-refractivity contribution is 6.30. The minimum atomic E-state index is -0.544. The van der Waals surface area contributed by atoms with Gasteiger partial charge in [-0.1, -0.05) is 11.6 Å². The normalized spacial score (nSPS) is 22.6. The smallest absolute Gasteiger partial charge is 0.217 e. The predicted octanol–water partition coefficient (Wildman–Crippen LogP) is 0.880. The first-order valence-corrected chi connectivity index (χ1v) is 6.74. The first-order chi connectivity index (χ1) is 9.47. The number of carbonyl (C=O) groups excluding carboxylic acids is 1. The van der Waals surface area contributed by atoms with Crippen LogP contribution >= 0.6 is 11.6 Å². The van der Waals surface area contributed by atoms with Crippen molar-refractivity contribution in [2.75, 3.05) is 13.1 Å². The zero-order chi connectivity index (χ0) is 14.7. The van der Waals surface area contributed by atoms with Crippen molar-refractivity contribution < 1.29 is 9.90 Å². The Labute approximate surface area is 122 Å². The number of rotatable bonds is 4. The molecular weight excluding hydrogens is 278 g/mol. The third-order valence-corrected chi connectivity index (χ3v) is 3.66. The summed E-state index contributed by atoms with van der Waals surface area (Å²) in [5.41, 5.74) is 6.60. The van der Waals surface area contributed by atoms with Gasteiger partial charge in [0.2, 0.25) is 5.91 Å². The fourth-order valence-corrected chi connectivity index (χ4v) is 2.85. The van der Waals surface area contributed by atoms with E-state index in [2.05, 4.69) is 6.07 Å². The molecule has 1 amide bonds. The molecule has 1 aromatic carbocycles. The van der Waals surface area contributed by atoms with Gasteiger partial charge >= 0.3 is 0 Å². The minimum absolute atomic E-state index is 0.123. The summed E-state index contributed by atoms with van der Waals surface area (Å²) in [4.78, 5) is 13.0. The van der Waals surface area contributed by atoms with Gasteiger partial charge in [-0.2, -0.15) is 5.26 Å². The molecule has 1 fully saturated rings. The number of halogens is 1. The summed E-state index contributed by atoms with van der Waals surface area (Å²) in [7, 11) is 0. The van der Waals surface area contributed by atoms with Crippen molar-refractivity contribution in [3.63, 3.8) is 0 Å². The Hall–Kier alpha value is -1.61. The number of aliphatic hydroxyl groups excluding tert-OH is 1. The molecule has 5 nitrogen and oxygen atoms in total. The summed E-state index contributed by atoms with van der Waals surface area (Å²) in [5.74, 6) is -0.521. The predicted molar refractivity (Wildman–Crippen MR) is 74.8 cm³/mol. The third-order valence-electron chi connectivity index (χ3n) is 3.44. The zero-order valence-electron chi connectivity index (χ0n) is 10.9. The number of carbonyl (C=O) groups is 1. The third kappa shape index (κ3) is 3.70. The van der Waals surface area contributed by atoms with Crippen molar-refractivity contribution in [3.05, 3.63) is 34.3 Å². The number of primary amides is 1. The van der Waals surface area contributed by atoms with Crippen LogP contribution in [-0.4, -0.2) is 35.1 Å². The molecule has 6 heteroatoms.